The van der Waals surface area contributed by atoms with Crippen molar-refractivity contribution in [3.8, 4) is 0 Å². The Morgan fingerprint density at radius 1 is 1.11 bits per heavy atom. The summed E-state index contributed by atoms with van der Waals surface area (Å²) in [6, 6.07) is 9.47. The quantitative estimate of drug-likeness (QED) is 0.708. The van der Waals surface area contributed by atoms with Gasteiger partial charge in [-0.2, -0.15) is 0 Å². The molecule has 0 saturated heterocycles. The zero-order chi connectivity index (χ0) is 13.1. The van der Waals surface area contributed by atoms with Crippen molar-refractivity contribution < 1.29 is 0 Å². The van der Waals surface area contributed by atoms with Gasteiger partial charge in [-0.25, -0.2) is 0 Å². The Morgan fingerprint density at radius 2 is 1.89 bits per heavy atom. The van der Waals surface area contributed by atoms with Gasteiger partial charge in [0, 0.05) is 18.3 Å². The number of pyridine rings is 1. The highest BCUT2D eigenvalue weighted by Crippen LogP contribution is 2.30. The molecule has 18 heavy (non-hydrogen) atoms. The molecule has 1 nitrogen and oxygen atoms in total. The van der Waals surface area contributed by atoms with E-state index >= 15 is 0 Å². The molecule has 0 radical (unpaired) electrons. The second-order valence-electron chi connectivity index (χ2n) is 4.17. The van der Waals surface area contributed by atoms with E-state index in [1.165, 1.54) is 0 Å². The predicted octanol–water partition coefficient (Wildman–Crippen LogP) is 5.22. The van der Waals surface area contributed by atoms with Crippen LogP contribution in [0.15, 0.2) is 36.5 Å². The molecule has 0 fully saturated rings. The largest absolute Gasteiger partial charge is 0.261 e. The molecule has 0 aliphatic heterocycles. The topological polar surface area (TPSA) is 12.9 Å². The lowest BCUT2D eigenvalue weighted by Crippen LogP contribution is -1.98. The third-order valence-corrected chi connectivity index (χ3v) is 3.81. The highest BCUT2D eigenvalue weighted by atomic mass is 35.5. The molecule has 1 aromatic heterocycles. The van der Waals surface area contributed by atoms with Crippen LogP contribution in [-0.2, 0) is 6.42 Å². The van der Waals surface area contributed by atoms with Crippen LogP contribution < -0.4 is 0 Å². The summed E-state index contributed by atoms with van der Waals surface area (Å²) in [5, 5.41) is 0.907. The Morgan fingerprint density at radius 3 is 2.50 bits per heavy atom. The third-order valence-electron chi connectivity index (χ3n) is 2.67. The van der Waals surface area contributed by atoms with Crippen molar-refractivity contribution in [2.24, 2.45) is 0 Å². The average Bonchev–Trinajstić information content (AvgIpc) is 2.35. The van der Waals surface area contributed by atoms with Gasteiger partial charge in [-0.15, -0.1) is 11.6 Å². The molecular formula is C14H12Cl3N. The van der Waals surface area contributed by atoms with Gasteiger partial charge in [0.05, 0.1) is 15.4 Å². The molecule has 0 saturated carbocycles. The highest BCUT2D eigenvalue weighted by molar-refractivity contribution is 6.42. The summed E-state index contributed by atoms with van der Waals surface area (Å²) >= 11 is 18.2. The van der Waals surface area contributed by atoms with Crippen LogP contribution in [0.5, 0.6) is 0 Å². The van der Waals surface area contributed by atoms with Gasteiger partial charge >= 0.3 is 0 Å². The minimum Gasteiger partial charge on any atom is -0.261 e. The monoisotopic (exact) mass is 299 g/mol. The maximum atomic E-state index is 6.36. The van der Waals surface area contributed by atoms with E-state index < -0.39 is 0 Å². The van der Waals surface area contributed by atoms with Gasteiger partial charge in [0.15, 0.2) is 0 Å². The van der Waals surface area contributed by atoms with Crippen LogP contribution in [-0.4, -0.2) is 4.98 Å². The molecule has 1 aromatic carbocycles. The fourth-order valence-electron chi connectivity index (χ4n) is 1.63. The van der Waals surface area contributed by atoms with Crippen molar-refractivity contribution in [1.29, 1.82) is 0 Å². The zero-order valence-electron chi connectivity index (χ0n) is 9.83. The van der Waals surface area contributed by atoms with Gasteiger partial charge in [-0.1, -0.05) is 35.3 Å². The number of aromatic nitrogens is 1. The van der Waals surface area contributed by atoms with Crippen LogP contribution >= 0.6 is 34.8 Å². The average molecular weight is 301 g/mol. The number of alkyl halides is 1. The lowest BCUT2D eigenvalue weighted by Gasteiger charge is -2.10. The second-order valence-corrected chi connectivity index (χ2v) is 5.51. The minimum atomic E-state index is -0.157. The van der Waals surface area contributed by atoms with E-state index in [1.54, 1.807) is 12.1 Å². The van der Waals surface area contributed by atoms with Gasteiger partial charge in [0.1, 0.15) is 0 Å². The Kier molecular flexibility index (Phi) is 4.50. The van der Waals surface area contributed by atoms with Crippen LogP contribution in [0.25, 0.3) is 0 Å². The summed E-state index contributed by atoms with van der Waals surface area (Å²) in [5.74, 6) is 0. The van der Waals surface area contributed by atoms with E-state index in [4.69, 9.17) is 34.8 Å². The SMILES string of the molecule is Cc1ccc(CC(Cl)c2ccc(Cl)c(Cl)c2)nc1. The van der Waals surface area contributed by atoms with Crippen molar-refractivity contribution in [3.05, 3.63) is 63.4 Å². The maximum Gasteiger partial charge on any atom is 0.0641 e. The van der Waals surface area contributed by atoms with Crippen molar-refractivity contribution >= 4 is 34.8 Å². The smallest absolute Gasteiger partial charge is 0.0641 e. The van der Waals surface area contributed by atoms with Crippen LogP contribution in [0.2, 0.25) is 10.0 Å². The van der Waals surface area contributed by atoms with Crippen molar-refractivity contribution in [1.82, 2.24) is 4.98 Å². The maximum absolute atomic E-state index is 6.36. The molecule has 2 aromatic rings. The third kappa shape index (κ3) is 3.38. The fraction of sp³-hybridized carbons (Fsp3) is 0.214. The standard InChI is InChI=1S/C14H12Cl3N/c1-9-2-4-11(18-8-9)7-13(16)10-3-5-12(15)14(17)6-10/h2-6,8,13H,7H2,1H3. The normalized spacial score (nSPS) is 12.4. The van der Waals surface area contributed by atoms with Crippen LogP contribution in [0.1, 0.15) is 22.2 Å². The molecule has 1 unspecified atom stereocenters. The highest BCUT2D eigenvalue weighted by Gasteiger charge is 2.11. The molecule has 0 aliphatic rings. The molecule has 4 heteroatoms. The molecule has 2 rings (SSSR count). The number of halogens is 3. The molecular weight excluding hydrogens is 289 g/mol. The summed E-state index contributed by atoms with van der Waals surface area (Å²) in [6.45, 7) is 2.01. The molecule has 1 atom stereocenters. The number of hydrogen-bond acceptors (Lipinski definition) is 1. The van der Waals surface area contributed by atoms with E-state index in [-0.39, 0.29) is 5.38 Å². The van der Waals surface area contributed by atoms with Gasteiger partial charge in [0.2, 0.25) is 0 Å². The van der Waals surface area contributed by atoms with Gasteiger partial charge in [0.25, 0.3) is 0 Å². The number of hydrogen-bond donors (Lipinski definition) is 0. The predicted molar refractivity (Wildman–Crippen MR) is 77.7 cm³/mol. The van der Waals surface area contributed by atoms with E-state index in [1.807, 2.05) is 31.3 Å². The molecule has 94 valence electrons. The number of benzene rings is 1. The molecule has 0 amide bonds. The van der Waals surface area contributed by atoms with Crippen LogP contribution in [0.4, 0.5) is 0 Å². The van der Waals surface area contributed by atoms with E-state index in [0.29, 0.717) is 16.5 Å². The number of nitrogens with zero attached hydrogens (tertiary/aromatic N) is 1. The summed E-state index contributed by atoms with van der Waals surface area (Å²) in [4.78, 5) is 4.34. The van der Waals surface area contributed by atoms with Crippen molar-refractivity contribution in [2.45, 2.75) is 18.7 Å². The van der Waals surface area contributed by atoms with Crippen molar-refractivity contribution in [2.75, 3.05) is 0 Å². The first kappa shape index (κ1) is 13.7. The molecule has 0 bridgehead atoms. The number of rotatable bonds is 3. The zero-order valence-corrected chi connectivity index (χ0v) is 12.1. The lowest BCUT2D eigenvalue weighted by molar-refractivity contribution is 0.879. The van der Waals surface area contributed by atoms with E-state index in [0.717, 1.165) is 16.8 Å². The summed E-state index contributed by atoms with van der Waals surface area (Å²) in [6.07, 6.45) is 2.51. The first-order valence-corrected chi connectivity index (χ1v) is 6.76. The molecule has 0 aliphatic carbocycles. The van der Waals surface area contributed by atoms with Gasteiger partial charge in [-0.05, 0) is 36.2 Å². The second kappa shape index (κ2) is 5.92. The minimum absolute atomic E-state index is 0.157. The number of aryl methyl sites for hydroxylation is 1. The Labute approximate surface area is 122 Å². The Balaban J connectivity index is 2.13. The summed E-state index contributed by atoms with van der Waals surface area (Å²) < 4.78 is 0. The molecule has 0 N–H and O–H groups in total. The molecule has 0 spiro atoms. The molecule has 1 heterocycles. The Hall–Kier alpha value is -0.760. The van der Waals surface area contributed by atoms with Crippen molar-refractivity contribution in [3.63, 3.8) is 0 Å². The Bertz CT molecular complexity index is 537. The van der Waals surface area contributed by atoms with Crippen LogP contribution in [0.3, 0.4) is 0 Å². The first-order chi connectivity index (χ1) is 8.56. The van der Waals surface area contributed by atoms with Gasteiger partial charge < -0.3 is 0 Å². The van der Waals surface area contributed by atoms with Gasteiger partial charge in [-0.3, -0.25) is 4.98 Å². The fourth-order valence-corrected chi connectivity index (χ4v) is 2.23. The van der Waals surface area contributed by atoms with E-state index in [2.05, 4.69) is 4.98 Å². The van der Waals surface area contributed by atoms with E-state index in [9.17, 15) is 0 Å². The summed E-state index contributed by atoms with van der Waals surface area (Å²) in [7, 11) is 0. The first-order valence-electron chi connectivity index (χ1n) is 5.57. The van der Waals surface area contributed by atoms with Crippen LogP contribution in [0, 0.1) is 6.92 Å². The summed E-state index contributed by atoms with van der Waals surface area (Å²) in [5.41, 5.74) is 3.06. The lowest BCUT2D eigenvalue weighted by atomic mass is 10.1.